The lowest BCUT2D eigenvalue weighted by atomic mass is 10.3. The molecule has 10 heavy (non-hydrogen) atoms. The maximum atomic E-state index is 10.4. The third-order valence-electron chi connectivity index (χ3n) is 1.02. The first-order chi connectivity index (χ1) is 4.77. The van der Waals surface area contributed by atoms with Crippen LogP contribution in [0.4, 0.5) is 0 Å². The van der Waals surface area contributed by atoms with Gasteiger partial charge >= 0.3 is 0 Å². The summed E-state index contributed by atoms with van der Waals surface area (Å²) in [5.74, 6) is 0.209. The first-order valence-electron chi connectivity index (χ1n) is 3.58. The molecule has 0 aromatic rings. The maximum Gasteiger partial charge on any atom is 0.133 e. The van der Waals surface area contributed by atoms with Crippen LogP contribution in [0, 0.1) is 0 Å². The number of carbonyl (C=O) groups is 1. The summed E-state index contributed by atoms with van der Waals surface area (Å²) in [6.07, 6.45) is 9.39. The van der Waals surface area contributed by atoms with Crippen molar-refractivity contribution >= 4 is 5.78 Å². The van der Waals surface area contributed by atoms with Crippen LogP contribution in [0.2, 0.25) is 0 Å². The predicted molar refractivity (Wildman–Crippen MR) is 43.9 cm³/mol. The van der Waals surface area contributed by atoms with E-state index in [0.29, 0.717) is 6.42 Å². The molecular weight excluding hydrogens is 124 g/mol. The first-order valence-corrected chi connectivity index (χ1v) is 3.58. The van der Waals surface area contributed by atoms with E-state index in [-0.39, 0.29) is 5.78 Å². The number of allylic oxidation sites excluding steroid dienone is 4. The van der Waals surface area contributed by atoms with Crippen LogP contribution in [0.15, 0.2) is 24.3 Å². The predicted octanol–water partition coefficient (Wildman–Crippen LogP) is 2.49. The Morgan fingerprint density at radius 3 is 2.40 bits per heavy atom. The highest BCUT2D eigenvalue weighted by Gasteiger charge is 1.82. The average Bonchev–Trinajstić information content (AvgIpc) is 1.87. The Balaban J connectivity index is 3.37. The fourth-order valence-corrected chi connectivity index (χ4v) is 0.527. The molecule has 0 amide bonds. The number of hydrogen-bond acceptors (Lipinski definition) is 1. The summed E-state index contributed by atoms with van der Waals surface area (Å²) in [7, 11) is 0. The van der Waals surface area contributed by atoms with Crippen molar-refractivity contribution in [3.63, 3.8) is 0 Å². The van der Waals surface area contributed by atoms with Crippen LogP contribution in [0.25, 0.3) is 0 Å². The van der Waals surface area contributed by atoms with Gasteiger partial charge in [-0.05, 0) is 13.3 Å². The van der Waals surface area contributed by atoms with Crippen molar-refractivity contribution in [2.75, 3.05) is 0 Å². The van der Waals surface area contributed by atoms with E-state index in [1.165, 1.54) is 0 Å². The fourth-order valence-electron chi connectivity index (χ4n) is 0.527. The third kappa shape index (κ3) is 7.15. The second-order valence-electron chi connectivity index (χ2n) is 2.17. The molecule has 56 valence electrons. The van der Waals surface area contributed by atoms with Crippen LogP contribution in [0.3, 0.4) is 0 Å². The summed E-state index contributed by atoms with van der Waals surface area (Å²) in [4.78, 5) is 10.4. The van der Waals surface area contributed by atoms with Gasteiger partial charge in [-0.3, -0.25) is 4.79 Å². The van der Waals surface area contributed by atoms with Gasteiger partial charge in [-0.15, -0.1) is 0 Å². The molecule has 0 bridgehead atoms. The Bertz CT molecular complexity index is 143. The zero-order valence-corrected chi connectivity index (χ0v) is 6.63. The molecule has 0 atom stereocenters. The van der Waals surface area contributed by atoms with E-state index in [2.05, 4.69) is 13.0 Å². The molecule has 0 aliphatic carbocycles. The maximum absolute atomic E-state index is 10.4. The number of hydrogen-bond donors (Lipinski definition) is 0. The van der Waals surface area contributed by atoms with Crippen LogP contribution in [0.5, 0.6) is 0 Å². The van der Waals surface area contributed by atoms with E-state index in [1.54, 1.807) is 6.92 Å². The van der Waals surface area contributed by atoms with Gasteiger partial charge in [-0.1, -0.05) is 31.2 Å². The van der Waals surface area contributed by atoms with E-state index in [4.69, 9.17) is 0 Å². The first kappa shape index (κ1) is 9.15. The third-order valence-corrected chi connectivity index (χ3v) is 1.02. The summed E-state index contributed by atoms with van der Waals surface area (Å²) in [6.45, 7) is 3.67. The van der Waals surface area contributed by atoms with Gasteiger partial charge in [0.25, 0.3) is 0 Å². The van der Waals surface area contributed by atoms with Gasteiger partial charge in [-0.25, -0.2) is 0 Å². The van der Waals surface area contributed by atoms with Crippen LogP contribution in [-0.2, 0) is 4.79 Å². The Hall–Kier alpha value is -0.850. The molecule has 0 unspecified atom stereocenters. The molecule has 0 spiro atoms. The van der Waals surface area contributed by atoms with Crippen LogP contribution in [0.1, 0.15) is 26.7 Å². The van der Waals surface area contributed by atoms with Gasteiger partial charge in [0, 0.05) is 6.42 Å². The topological polar surface area (TPSA) is 17.1 Å². The quantitative estimate of drug-likeness (QED) is 0.545. The zero-order valence-electron chi connectivity index (χ0n) is 6.63. The Kier molecular flexibility index (Phi) is 5.74. The minimum Gasteiger partial charge on any atom is -0.300 e. The summed E-state index contributed by atoms with van der Waals surface area (Å²) < 4.78 is 0. The molecule has 0 radical (unpaired) electrons. The van der Waals surface area contributed by atoms with Gasteiger partial charge in [0.05, 0.1) is 0 Å². The highest BCUT2D eigenvalue weighted by Crippen LogP contribution is 1.86. The number of carbonyl (C=O) groups excluding carboxylic acids is 1. The second-order valence-corrected chi connectivity index (χ2v) is 2.17. The molecule has 0 fully saturated rings. The summed E-state index contributed by atoms with van der Waals surface area (Å²) in [5, 5.41) is 0. The van der Waals surface area contributed by atoms with Crippen molar-refractivity contribution in [1.29, 1.82) is 0 Å². The smallest absolute Gasteiger partial charge is 0.133 e. The largest absolute Gasteiger partial charge is 0.300 e. The van der Waals surface area contributed by atoms with Crippen molar-refractivity contribution in [1.82, 2.24) is 0 Å². The molecule has 0 heterocycles. The molecule has 0 aliphatic rings. The van der Waals surface area contributed by atoms with Crippen molar-refractivity contribution < 1.29 is 4.79 Å². The SMILES string of the molecule is CC/C=C\C=C/CC(C)=O. The summed E-state index contributed by atoms with van der Waals surface area (Å²) in [6, 6.07) is 0. The standard InChI is InChI=1S/C9H14O/c1-3-4-5-6-7-8-9(2)10/h4-7H,3,8H2,1-2H3/b5-4-,7-6-. The second kappa shape index (κ2) is 6.27. The molecule has 0 aromatic heterocycles. The molecule has 1 nitrogen and oxygen atoms in total. The lowest BCUT2D eigenvalue weighted by Crippen LogP contribution is -1.82. The van der Waals surface area contributed by atoms with Crippen molar-refractivity contribution in [3.05, 3.63) is 24.3 Å². The summed E-state index contributed by atoms with van der Waals surface area (Å²) >= 11 is 0. The van der Waals surface area contributed by atoms with E-state index in [0.717, 1.165) is 6.42 Å². The van der Waals surface area contributed by atoms with Gasteiger partial charge in [0.2, 0.25) is 0 Å². The molecule has 0 rings (SSSR count). The Morgan fingerprint density at radius 2 is 1.90 bits per heavy atom. The van der Waals surface area contributed by atoms with Crippen molar-refractivity contribution in [3.8, 4) is 0 Å². The minimum atomic E-state index is 0.209. The van der Waals surface area contributed by atoms with Crippen LogP contribution in [-0.4, -0.2) is 5.78 Å². The highest BCUT2D eigenvalue weighted by molar-refractivity contribution is 5.76. The van der Waals surface area contributed by atoms with Crippen LogP contribution >= 0.6 is 0 Å². The lowest BCUT2D eigenvalue weighted by Gasteiger charge is -1.80. The molecular formula is C9H14O. The van der Waals surface area contributed by atoms with Gasteiger partial charge in [0.15, 0.2) is 0 Å². The lowest BCUT2D eigenvalue weighted by molar-refractivity contribution is -0.116. The Morgan fingerprint density at radius 1 is 1.30 bits per heavy atom. The van der Waals surface area contributed by atoms with E-state index >= 15 is 0 Å². The van der Waals surface area contributed by atoms with Crippen molar-refractivity contribution in [2.45, 2.75) is 26.7 Å². The number of ketones is 1. The molecule has 0 aromatic carbocycles. The van der Waals surface area contributed by atoms with Gasteiger partial charge in [0.1, 0.15) is 5.78 Å². The van der Waals surface area contributed by atoms with E-state index < -0.39 is 0 Å². The molecule has 0 saturated heterocycles. The Labute approximate surface area is 62.4 Å². The minimum absolute atomic E-state index is 0.209. The molecule has 0 aliphatic heterocycles. The van der Waals surface area contributed by atoms with Crippen LogP contribution < -0.4 is 0 Å². The average molecular weight is 138 g/mol. The molecule has 1 heteroatoms. The summed E-state index contributed by atoms with van der Waals surface area (Å²) in [5.41, 5.74) is 0. The van der Waals surface area contributed by atoms with E-state index in [1.807, 2.05) is 18.2 Å². The monoisotopic (exact) mass is 138 g/mol. The molecule has 0 N–H and O–H groups in total. The number of Topliss-reactive ketones (excluding diaryl/α,β-unsaturated/α-hetero) is 1. The zero-order chi connectivity index (χ0) is 7.82. The van der Waals surface area contributed by atoms with Gasteiger partial charge in [-0.2, -0.15) is 0 Å². The molecule has 0 saturated carbocycles. The highest BCUT2D eigenvalue weighted by atomic mass is 16.1. The number of rotatable bonds is 4. The normalized spacial score (nSPS) is 11.4. The fraction of sp³-hybridized carbons (Fsp3) is 0.444. The van der Waals surface area contributed by atoms with Crippen molar-refractivity contribution in [2.24, 2.45) is 0 Å². The van der Waals surface area contributed by atoms with E-state index in [9.17, 15) is 4.79 Å². The van der Waals surface area contributed by atoms with Gasteiger partial charge < -0.3 is 0 Å².